The minimum absolute atomic E-state index is 0.714. The number of aryl methyl sites for hydroxylation is 2. The van der Waals surface area contributed by atoms with Gasteiger partial charge in [0.25, 0.3) is 0 Å². The van der Waals surface area contributed by atoms with Crippen LogP contribution in [0.3, 0.4) is 0 Å². The van der Waals surface area contributed by atoms with Gasteiger partial charge in [0.15, 0.2) is 0 Å². The van der Waals surface area contributed by atoms with E-state index in [1.54, 1.807) is 11.1 Å². The van der Waals surface area contributed by atoms with Crippen LogP contribution in [0.4, 0.5) is 5.69 Å². The summed E-state index contributed by atoms with van der Waals surface area (Å²) >= 11 is 0. The van der Waals surface area contributed by atoms with Crippen LogP contribution in [-0.4, -0.2) is 20.1 Å². The van der Waals surface area contributed by atoms with E-state index in [1.807, 2.05) is 7.05 Å². The fraction of sp³-hybridized carbons (Fsp3) is 0.625. The molecule has 0 saturated heterocycles. The number of hydrogen-bond donors (Lipinski definition) is 2. The van der Waals surface area contributed by atoms with Gasteiger partial charge in [0, 0.05) is 12.2 Å². The van der Waals surface area contributed by atoms with Crippen LogP contribution in [0.2, 0.25) is 0 Å². The van der Waals surface area contributed by atoms with Crippen LogP contribution in [0.15, 0.2) is 18.2 Å². The van der Waals surface area contributed by atoms with Crippen LogP contribution in [0, 0.1) is 5.92 Å². The fourth-order valence-electron chi connectivity index (χ4n) is 2.76. The molecule has 0 aliphatic heterocycles. The van der Waals surface area contributed by atoms with Crippen molar-refractivity contribution in [2.45, 2.75) is 39.0 Å². The molecule has 0 aromatic heterocycles. The number of hydrogen-bond acceptors (Lipinski definition) is 2. The average Bonchev–Trinajstić information content (AvgIpc) is 2.43. The molecule has 0 spiro atoms. The van der Waals surface area contributed by atoms with Crippen molar-refractivity contribution in [1.29, 1.82) is 0 Å². The smallest absolute Gasteiger partial charge is 0.0343 e. The van der Waals surface area contributed by atoms with Gasteiger partial charge in [-0.25, -0.2) is 0 Å². The molecule has 0 bridgehead atoms. The summed E-state index contributed by atoms with van der Waals surface area (Å²) in [5, 5.41) is 6.86. The Hall–Kier alpha value is -1.02. The minimum Gasteiger partial charge on any atom is -0.385 e. The standard InChI is InChI=1S/C16H26N2/c1-3-13(11-17-2)12-18-16-9-8-14-6-4-5-7-15(14)10-16/h8-10,13,17-18H,3-7,11-12H2,1-2H3. The molecular formula is C16H26N2. The Kier molecular flexibility index (Phi) is 5.06. The van der Waals surface area contributed by atoms with Crippen LogP contribution in [0.5, 0.6) is 0 Å². The van der Waals surface area contributed by atoms with Crippen LogP contribution in [-0.2, 0) is 12.8 Å². The Morgan fingerprint density at radius 2 is 1.89 bits per heavy atom. The average molecular weight is 246 g/mol. The van der Waals surface area contributed by atoms with Gasteiger partial charge in [-0.1, -0.05) is 19.4 Å². The monoisotopic (exact) mass is 246 g/mol. The van der Waals surface area contributed by atoms with Crippen molar-refractivity contribution in [3.63, 3.8) is 0 Å². The summed E-state index contributed by atoms with van der Waals surface area (Å²) < 4.78 is 0. The number of fused-ring (bicyclic) bond motifs is 1. The summed E-state index contributed by atoms with van der Waals surface area (Å²) in [6.07, 6.45) is 6.47. The first-order valence-corrected chi connectivity index (χ1v) is 7.33. The molecule has 100 valence electrons. The second-order valence-electron chi connectivity index (χ2n) is 5.40. The zero-order chi connectivity index (χ0) is 12.8. The molecule has 0 radical (unpaired) electrons. The third-order valence-electron chi connectivity index (χ3n) is 4.01. The van der Waals surface area contributed by atoms with Gasteiger partial charge in [-0.15, -0.1) is 0 Å². The Labute approximate surface area is 111 Å². The minimum atomic E-state index is 0.714. The Morgan fingerprint density at radius 1 is 1.11 bits per heavy atom. The van der Waals surface area contributed by atoms with E-state index < -0.39 is 0 Å². The van der Waals surface area contributed by atoms with Gasteiger partial charge < -0.3 is 10.6 Å². The van der Waals surface area contributed by atoms with E-state index in [2.05, 4.69) is 35.8 Å². The largest absolute Gasteiger partial charge is 0.385 e. The number of rotatable bonds is 6. The lowest BCUT2D eigenvalue weighted by molar-refractivity contribution is 0.506. The van der Waals surface area contributed by atoms with E-state index in [-0.39, 0.29) is 0 Å². The van der Waals surface area contributed by atoms with Gasteiger partial charge in [0.05, 0.1) is 0 Å². The summed E-state index contributed by atoms with van der Waals surface area (Å²) in [7, 11) is 2.03. The van der Waals surface area contributed by atoms with Crippen LogP contribution >= 0.6 is 0 Å². The van der Waals surface area contributed by atoms with Crippen molar-refractivity contribution in [2.24, 2.45) is 5.92 Å². The molecule has 2 N–H and O–H groups in total. The molecule has 2 nitrogen and oxygen atoms in total. The topological polar surface area (TPSA) is 24.1 Å². The molecule has 1 atom stereocenters. The zero-order valence-electron chi connectivity index (χ0n) is 11.8. The summed E-state index contributed by atoms with van der Waals surface area (Å²) in [4.78, 5) is 0. The molecule has 0 heterocycles. The van der Waals surface area contributed by atoms with Crippen LogP contribution in [0.1, 0.15) is 37.3 Å². The van der Waals surface area contributed by atoms with Gasteiger partial charge in [0.2, 0.25) is 0 Å². The Bertz CT molecular complexity index is 373. The highest BCUT2D eigenvalue weighted by Gasteiger charge is 2.10. The zero-order valence-corrected chi connectivity index (χ0v) is 11.8. The second-order valence-corrected chi connectivity index (χ2v) is 5.40. The third kappa shape index (κ3) is 3.49. The summed E-state index contributed by atoms with van der Waals surface area (Å²) in [6, 6.07) is 6.92. The lowest BCUT2D eigenvalue weighted by Crippen LogP contribution is -2.24. The van der Waals surface area contributed by atoms with Crippen molar-refractivity contribution >= 4 is 5.69 Å². The van der Waals surface area contributed by atoms with Gasteiger partial charge in [-0.3, -0.25) is 0 Å². The van der Waals surface area contributed by atoms with Gasteiger partial charge >= 0.3 is 0 Å². The Morgan fingerprint density at radius 3 is 2.61 bits per heavy atom. The Balaban J connectivity index is 1.93. The SMILES string of the molecule is CCC(CNC)CNc1ccc2c(c1)CCCC2. The lowest BCUT2D eigenvalue weighted by atomic mass is 9.91. The first-order chi connectivity index (χ1) is 8.83. The normalized spacial score (nSPS) is 16.1. The summed E-state index contributed by atoms with van der Waals surface area (Å²) in [5.74, 6) is 0.714. The number of nitrogens with one attached hydrogen (secondary N) is 2. The molecule has 0 saturated carbocycles. The highest BCUT2D eigenvalue weighted by atomic mass is 14.9. The maximum Gasteiger partial charge on any atom is 0.0343 e. The van der Waals surface area contributed by atoms with Gasteiger partial charge in [-0.05, 0) is 68.5 Å². The van der Waals surface area contributed by atoms with E-state index in [0.29, 0.717) is 5.92 Å². The van der Waals surface area contributed by atoms with Gasteiger partial charge in [-0.2, -0.15) is 0 Å². The number of benzene rings is 1. The molecule has 0 fully saturated rings. The quantitative estimate of drug-likeness (QED) is 0.805. The van der Waals surface area contributed by atoms with Crippen molar-refractivity contribution in [3.8, 4) is 0 Å². The van der Waals surface area contributed by atoms with Crippen molar-refractivity contribution in [2.75, 3.05) is 25.5 Å². The molecule has 18 heavy (non-hydrogen) atoms. The summed E-state index contributed by atoms with van der Waals surface area (Å²) in [5.41, 5.74) is 4.42. The van der Waals surface area contributed by atoms with E-state index >= 15 is 0 Å². The molecule has 2 heteroatoms. The first kappa shape index (κ1) is 13.4. The first-order valence-electron chi connectivity index (χ1n) is 7.33. The van der Waals surface area contributed by atoms with Crippen molar-refractivity contribution in [3.05, 3.63) is 29.3 Å². The maximum atomic E-state index is 3.59. The molecule has 1 aliphatic carbocycles. The molecular weight excluding hydrogens is 220 g/mol. The van der Waals surface area contributed by atoms with E-state index in [9.17, 15) is 0 Å². The lowest BCUT2D eigenvalue weighted by Gasteiger charge is -2.19. The van der Waals surface area contributed by atoms with Gasteiger partial charge in [0.1, 0.15) is 0 Å². The highest BCUT2D eigenvalue weighted by Crippen LogP contribution is 2.24. The molecule has 1 aromatic carbocycles. The highest BCUT2D eigenvalue weighted by molar-refractivity contribution is 5.49. The second kappa shape index (κ2) is 6.79. The van der Waals surface area contributed by atoms with E-state index in [0.717, 1.165) is 13.1 Å². The van der Waals surface area contributed by atoms with Crippen LogP contribution < -0.4 is 10.6 Å². The van der Waals surface area contributed by atoms with E-state index in [1.165, 1.54) is 37.8 Å². The van der Waals surface area contributed by atoms with Crippen LogP contribution in [0.25, 0.3) is 0 Å². The van der Waals surface area contributed by atoms with E-state index in [4.69, 9.17) is 0 Å². The van der Waals surface area contributed by atoms with Crippen molar-refractivity contribution in [1.82, 2.24) is 5.32 Å². The molecule has 1 aliphatic rings. The molecule has 0 amide bonds. The molecule has 2 rings (SSSR count). The van der Waals surface area contributed by atoms with Crippen molar-refractivity contribution < 1.29 is 0 Å². The maximum absolute atomic E-state index is 3.59. The predicted molar refractivity (Wildman–Crippen MR) is 79.3 cm³/mol. The fourth-order valence-corrected chi connectivity index (χ4v) is 2.76. The molecule has 1 aromatic rings. The predicted octanol–water partition coefficient (Wildman–Crippen LogP) is 3.22. The summed E-state index contributed by atoms with van der Waals surface area (Å²) in [6.45, 7) is 4.42. The molecule has 1 unspecified atom stereocenters. The number of anilines is 1. The third-order valence-corrected chi connectivity index (χ3v) is 4.01.